The van der Waals surface area contributed by atoms with Gasteiger partial charge in [0.2, 0.25) is 5.91 Å². The van der Waals surface area contributed by atoms with Crippen molar-refractivity contribution in [1.82, 2.24) is 10.2 Å². The van der Waals surface area contributed by atoms with E-state index >= 15 is 0 Å². The summed E-state index contributed by atoms with van der Waals surface area (Å²) in [7, 11) is 0. The molecule has 3 nitrogen and oxygen atoms in total. The molecule has 1 aromatic rings. The molecule has 1 aromatic carbocycles. The van der Waals surface area contributed by atoms with Crippen LogP contribution in [0.15, 0.2) is 27.6 Å². The van der Waals surface area contributed by atoms with Gasteiger partial charge in [0.1, 0.15) is 0 Å². The summed E-state index contributed by atoms with van der Waals surface area (Å²) >= 11 is 5.08. The summed E-state index contributed by atoms with van der Waals surface area (Å²) in [5.41, 5.74) is 1.21. The number of hydrogen-bond acceptors (Lipinski definition) is 3. The zero-order chi connectivity index (χ0) is 13.8. The molecule has 0 bridgehead atoms. The average molecular weight is 343 g/mol. The molecule has 1 fully saturated rings. The molecule has 0 aliphatic carbocycles. The van der Waals surface area contributed by atoms with Gasteiger partial charge in [0, 0.05) is 35.0 Å². The van der Waals surface area contributed by atoms with Crippen LogP contribution in [0.5, 0.6) is 0 Å². The Morgan fingerprint density at radius 1 is 1.58 bits per heavy atom. The van der Waals surface area contributed by atoms with Crippen molar-refractivity contribution in [2.24, 2.45) is 0 Å². The smallest absolute Gasteiger partial charge is 0.233 e. The predicted octanol–water partition coefficient (Wildman–Crippen LogP) is 2.67. The lowest BCUT2D eigenvalue weighted by molar-refractivity contribution is -0.131. The van der Waals surface area contributed by atoms with Gasteiger partial charge in [0.05, 0.1) is 5.75 Å². The largest absolute Gasteiger partial charge is 0.337 e. The Bertz CT molecular complexity index is 467. The van der Waals surface area contributed by atoms with E-state index in [9.17, 15) is 4.79 Å². The highest BCUT2D eigenvalue weighted by molar-refractivity contribution is 9.10. The van der Waals surface area contributed by atoms with E-state index in [4.69, 9.17) is 0 Å². The van der Waals surface area contributed by atoms with Gasteiger partial charge in [0.15, 0.2) is 0 Å². The van der Waals surface area contributed by atoms with Crippen LogP contribution in [0.25, 0.3) is 0 Å². The molecule has 0 saturated carbocycles. The van der Waals surface area contributed by atoms with E-state index in [-0.39, 0.29) is 5.91 Å². The number of piperazine rings is 1. The van der Waals surface area contributed by atoms with Crippen molar-refractivity contribution in [3.05, 3.63) is 28.2 Å². The molecule has 1 aliphatic rings. The molecule has 1 heterocycles. The summed E-state index contributed by atoms with van der Waals surface area (Å²) in [5, 5.41) is 3.30. The van der Waals surface area contributed by atoms with Crippen LogP contribution in [-0.4, -0.2) is 42.2 Å². The molecule has 1 saturated heterocycles. The van der Waals surface area contributed by atoms with Crippen LogP contribution in [0, 0.1) is 6.92 Å². The number of thioether (sulfide) groups is 1. The molecule has 1 aliphatic heterocycles. The lowest BCUT2D eigenvalue weighted by Crippen LogP contribution is -2.52. The Morgan fingerprint density at radius 3 is 3.05 bits per heavy atom. The van der Waals surface area contributed by atoms with Crippen molar-refractivity contribution in [2.45, 2.75) is 24.8 Å². The fraction of sp³-hybridized carbons (Fsp3) is 0.500. The number of rotatable bonds is 3. The number of benzene rings is 1. The Kier molecular flexibility index (Phi) is 5.30. The third kappa shape index (κ3) is 3.97. The second-order valence-corrected chi connectivity index (χ2v) is 6.77. The number of nitrogens with zero attached hydrogens (tertiary/aromatic N) is 1. The zero-order valence-corrected chi connectivity index (χ0v) is 13.7. The first-order valence-electron chi connectivity index (χ1n) is 6.47. The van der Waals surface area contributed by atoms with Crippen LogP contribution in [-0.2, 0) is 4.79 Å². The molecule has 0 radical (unpaired) electrons. The summed E-state index contributed by atoms with van der Waals surface area (Å²) in [6.07, 6.45) is 0. The average Bonchev–Trinajstić information content (AvgIpc) is 2.38. The molecule has 1 atom stereocenters. The van der Waals surface area contributed by atoms with Gasteiger partial charge in [-0.2, -0.15) is 0 Å². The van der Waals surface area contributed by atoms with E-state index in [1.165, 1.54) is 10.5 Å². The number of hydrogen-bond donors (Lipinski definition) is 1. The first kappa shape index (κ1) is 14.9. The Balaban J connectivity index is 1.92. The molecule has 0 spiro atoms. The van der Waals surface area contributed by atoms with Crippen molar-refractivity contribution in [3.8, 4) is 0 Å². The molecule has 2 rings (SSSR count). The van der Waals surface area contributed by atoms with Gasteiger partial charge in [-0.3, -0.25) is 4.79 Å². The van der Waals surface area contributed by atoms with Gasteiger partial charge in [-0.25, -0.2) is 0 Å². The molecule has 0 aromatic heterocycles. The van der Waals surface area contributed by atoms with E-state index in [1.807, 2.05) is 11.0 Å². The van der Waals surface area contributed by atoms with E-state index in [2.05, 4.69) is 47.2 Å². The highest BCUT2D eigenvalue weighted by atomic mass is 79.9. The van der Waals surface area contributed by atoms with Gasteiger partial charge in [-0.05, 0) is 37.6 Å². The van der Waals surface area contributed by atoms with Crippen molar-refractivity contribution in [2.75, 3.05) is 25.4 Å². The van der Waals surface area contributed by atoms with Crippen molar-refractivity contribution >= 4 is 33.6 Å². The summed E-state index contributed by atoms with van der Waals surface area (Å²) in [6.45, 7) is 6.79. The van der Waals surface area contributed by atoms with Gasteiger partial charge < -0.3 is 10.2 Å². The minimum absolute atomic E-state index is 0.237. The SMILES string of the molecule is Cc1cc(Br)ccc1SCC(=O)N1CCNCC1C. The molecule has 104 valence electrons. The Hall–Kier alpha value is -0.520. The highest BCUT2D eigenvalue weighted by Gasteiger charge is 2.22. The minimum Gasteiger partial charge on any atom is -0.337 e. The standard InChI is InChI=1S/C14H19BrN2OS/c1-10-7-12(15)3-4-13(10)19-9-14(18)17-6-5-16-8-11(17)2/h3-4,7,11,16H,5-6,8-9H2,1-2H3. The number of amides is 1. The molecule has 1 amide bonds. The highest BCUT2D eigenvalue weighted by Crippen LogP contribution is 2.25. The molecule has 5 heteroatoms. The van der Waals surface area contributed by atoms with Gasteiger partial charge in [0.25, 0.3) is 0 Å². The van der Waals surface area contributed by atoms with Crippen LogP contribution in [0.3, 0.4) is 0 Å². The van der Waals surface area contributed by atoms with Crippen LogP contribution < -0.4 is 5.32 Å². The van der Waals surface area contributed by atoms with Crippen LogP contribution in [0.1, 0.15) is 12.5 Å². The van der Waals surface area contributed by atoms with Gasteiger partial charge in [-0.15, -0.1) is 11.8 Å². The second kappa shape index (κ2) is 6.77. The van der Waals surface area contributed by atoms with E-state index in [1.54, 1.807) is 11.8 Å². The molecular weight excluding hydrogens is 324 g/mol. The lowest BCUT2D eigenvalue weighted by atomic mass is 10.2. The van der Waals surface area contributed by atoms with Crippen molar-refractivity contribution < 1.29 is 4.79 Å². The quantitative estimate of drug-likeness (QED) is 0.857. The summed E-state index contributed by atoms with van der Waals surface area (Å²) in [5.74, 6) is 0.758. The maximum absolute atomic E-state index is 12.2. The third-order valence-corrected chi connectivity index (χ3v) is 4.96. The summed E-state index contributed by atoms with van der Waals surface area (Å²) in [4.78, 5) is 15.4. The Labute approximate surface area is 127 Å². The van der Waals surface area contributed by atoms with Gasteiger partial charge >= 0.3 is 0 Å². The van der Waals surface area contributed by atoms with E-state index in [0.29, 0.717) is 11.8 Å². The number of carbonyl (C=O) groups is 1. The monoisotopic (exact) mass is 342 g/mol. The summed E-state index contributed by atoms with van der Waals surface area (Å²) < 4.78 is 1.08. The number of nitrogens with one attached hydrogen (secondary N) is 1. The fourth-order valence-corrected chi connectivity index (χ4v) is 3.58. The number of carbonyl (C=O) groups excluding carboxylic acids is 1. The third-order valence-electron chi connectivity index (χ3n) is 3.31. The number of halogens is 1. The van der Waals surface area contributed by atoms with Crippen molar-refractivity contribution in [3.63, 3.8) is 0 Å². The molecular formula is C14H19BrN2OS. The minimum atomic E-state index is 0.237. The first-order chi connectivity index (χ1) is 9.08. The number of aryl methyl sites for hydroxylation is 1. The second-order valence-electron chi connectivity index (χ2n) is 4.84. The Morgan fingerprint density at radius 2 is 2.37 bits per heavy atom. The van der Waals surface area contributed by atoms with E-state index in [0.717, 1.165) is 24.1 Å². The van der Waals surface area contributed by atoms with E-state index < -0.39 is 0 Å². The zero-order valence-electron chi connectivity index (χ0n) is 11.3. The lowest BCUT2D eigenvalue weighted by Gasteiger charge is -2.34. The molecule has 1 unspecified atom stereocenters. The van der Waals surface area contributed by atoms with Crippen LogP contribution >= 0.6 is 27.7 Å². The first-order valence-corrected chi connectivity index (χ1v) is 8.25. The topological polar surface area (TPSA) is 32.3 Å². The molecule has 1 N–H and O–H groups in total. The van der Waals surface area contributed by atoms with Crippen LogP contribution in [0.2, 0.25) is 0 Å². The van der Waals surface area contributed by atoms with Gasteiger partial charge in [-0.1, -0.05) is 15.9 Å². The normalized spacial score (nSPS) is 19.5. The fourth-order valence-electron chi connectivity index (χ4n) is 2.21. The van der Waals surface area contributed by atoms with Crippen LogP contribution in [0.4, 0.5) is 0 Å². The molecule has 19 heavy (non-hydrogen) atoms. The summed E-state index contributed by atoms with van der Waals surface area (Å²) in [6, 6.07) is 6.47. The maximum Gasteiger partial charge on any atom is 0.233 e. The van der Waals surface area contributed by atoms with Crippen molar-refractivity contribution in [1.29, 1.82) is 0 Å². The predicted molar refractivity (Wildman–Crippen MR) is 83.6 cm³/mol. The maximum atomic E-state index is 12.2.